The number of aldehydes is 1. The van der Waals surface area contributed by atoms with Crippen molar-refractivity contribution in [3.63, 3.8) is 0 Å². The topological polar surface area (TPSA) is 37.8 Å². The van der Waals surface area contributed by atoms with Crippen LogP contribution in [-0.4, -0.2) is 15.8 Å². The molecule has 2 heterocycles. The van der Waals surface area contributed by atoms with Crippen LogP contribution in [0.15, 0.2) is 78.9 Å². The standard InChI is InChI=1S/C27H20N2O/c1-17-21(16-30)25-19-11-5-7-13-22(19)28-26(25)27-24(17)20-12-6-8-14-23(20)29(27)15-18-9-3-2-4-10-18/h2-14,16,28H,15H2,1H3. The number of fused-ring (bicyclic) bond motifs is 7. The van der Waals surface area contributed by atoms with Crippen molar-refractivity contribution in [1.82, 2.24) is 9.55 Å². The summed E-state index contributed by atoms with van der Waals surface area (Å²) < 4.78 is 2.39. The van der Waals surface area contributed by atoms with Crippen molar-refractivity contribution < 1.29 is 4.79 Å². The van der Waals surface area contributed by atoms with Crippen LogP contribution in [0.25, 0.3) is 43.6 Å². The minimum Gasteiger partial charge on any atom is -0.353 e. The Balaban J connectivity index is 1.87. The second-order valence-corrected chi connectivity index (χ2v) is 7.89. The molecule has 0 aliphatic rings. The fourth-order valence-corrected chi connectivity index (χ4v) is 4.94. The van der Waals surface area contributed by atoms with Crippen LogP contribution in [0.5, 0.6) is 0 Å². The Hall–Kier alpha value is -3.85. The molecule has 4 aromatic carbocycles. The highest BCUT2D eigenvalue weighted by Crippen LogP contribution is 2.41. The zero-order valence-corrected chi connectivity index (χ0v) is 16.6. The lowest BCUT2D eigenvalue weighted by Crippen LogP contribution is -2.00. The molecule has 1 N–H and O–H groups in total. The van der Waals surface area contributed by atoms with Gasteiger partial charge in [0.15, 0.2) is 6.29 Å². The van der Waals surface area contributed by atoms with Crippen LogP contribution < -0.4 is 0 Å². The Morgan fingerprint density at radius 2 is 1.53 bits per heavy atom. The molecule has 0 atom stereocenters. The van der Waals surface area contributed by atoms with E-state index >= 15 is 0 Å². The van der Waals surface area contributed by atoms with Crippen molar-refractivity contribution in [3.05, 3.63) is 95.6 Å². The minimum absolute atomic E-state index is 0.773. The Morgan fingerprint density at radius 3 is 2.33 bits per heavy atom. The quantitative estimate of drug-likeness (QED) is 0.341. The first-order valence-corrected chi connectivity index (χ1v) is 10.2. The molecule has 6 aromatic rings. The fraction of sp³-hybridized carbons (Fsp3) is 0.0741. The van der Waals surface area contributed by atoms with Crippen LogP contribution in [0.1, 0.15) is 21.5 Å². The number of carbonyl (C=O) groups is 1. The molecule has 0 aliphatic carbocycles. The van der Waals surface area contributed by atoms with Gasteiger partial charge in [0.2, 0.25) is 0 Å². The number of hydrogen-bond donors (Lipinski definition) is 1. The van der Waals surface area contributed by atoms with Gasteiger partial charge in [-0.2, -0.15) is 0 Å². The molecular formula is C27H20N2O. The summed E-state index contributed by atoms with van der Waals surface area (Å²) >= 11 is 0. The maximum absolute atomic E-state index is 12.2. The van der Waals surface area contributed by atoms with E-state index < -0.39 is 0 Å². The molecule has 3 nitrogen and oxygen atoms in total. The van der Waals surface area contributed by atoms with Crippen molar-refractivity contribution in [3.8, 4) is 0 Å². The summed E-state index contributed by atoms with van der Waals surface area (Å²) in [5.74, 6) is 0. The van der Waals surface area contributed by atoms with E-state index in [9.17, 15) is 4.79 Å². The van der Waals surface area contributed by atoms with Gasteiger partial charge in [0, 0.05) is 44.7 Å². The van der Waals surface area contributed by atoms with E-state index in [0.29, 0.717) is 0 Å². The van der Waals surface area contributed by atoms with E-state index in [2.05, 4.69) is 77.1 Å². The molecule has 0 amide bonds. The van der Waals surface area contributed by atoms with E-state index in [4.69, 9.17) is 0 Å². The lowest BCUT2D eigenvalue weighted by atomic mass is 9.97. The number of nitrogens with one attached hydrogen (secondary N) is 1. The van der Waals surface area contributed by atoms with Crippen molar-refractivity contribution in [2.75, 3.05) is 0 Å². The van der Waals surface area contributed by atoms with Gasteiger partial charge in [-0.1, -0.05) is 66.7 Å². The van der Waals surface area contributed by atoms with Crippen LogP contribution in [0.2, 0.25) is 0 Å². The molecule has 0 aliphatic heterocycles. The van der Waals surface area contributed by atoms with Crippen LogP contribution in [-0.2, 0) is 6.54 Å². The van der Waals surface area contributed by atoms with Gasteiger partial charge in [-0.3, -0.25) is 4.79 Å². The number of aromatic amines is 1. The summed E-state index contributed by atoms with van der Waals surface area (Å²) in [6.07, 6.45) is 1.01. The average molecular weight is 388 g/mol. The Kier molecular flexibility index (Phi) is 3.59. The highest BCUT2D eigenvalue weighted by Gasteiger charge is 2.22. The normalized spacial score (nSPS) is 11.8. The zero-order valence-electron chi connectivity index (χ0n) is 16.6. The average Bonchev–Trinajstić information content (AvgIpc) is 3.32. The van der Waals surface area contributed by atoms with Gasteiger partial charge < -0.3 is 9.55 Å². The highest BCUT2D eigenvalue weighted by atomic mass is 16.1. The molecule has 2 aromatic heterocycles. The molecule has 0 saturated carbocycles. The fourth-order valence-electron chi connectivity index (χ4n) is 4.94. The smallest absolute Gasteiger partial charge is 0.151 e. The van der Waals surface area contributed by atoms with Gasteiger partial charge in [0.25, 0.3) is 0 Å². The molecule has 30 heavy (non-hydrogen) atoms. The first-order valence-electron chi connectivity index (χ1n) is 10.2. The third-order valence-corrected chi connectivity index (χ3v) is 6.26. The van der Waals surface area contributed by atoms with Gasteiger partial charge in [-0.05, 0) is 30.2 Å². The first kappa shape index (κ1) is 17.0. The van der Waals surface area contributed by atoms with Crippen LogP contribution in [0.4, 0.5) is 0 Å². The lowest BCUT2D eigenvalue weighted by Gasteiger charge is -2.11. The van der Waals surface area contributed by atoms with Gasteiger partial charge >= 0.3 is 0 Å². The number of hydrogen-bond acceptors (Lipinski definition) is 1. The highest BCUT2D eigenvalue weighted by molar-refractivity contribution is 6.27. The summed E-state index contributed by atoms with van der Waals surface area (Å²) in [4.78, 5) is 15.9. The molecule has 0 bridgehead atoms. The number of rotatable bonds is 3. The van der Waals surface area contributed by atoms with Gasteiger partial charge in [0.05, 0.1) is 11.0 Å². The molecule has 0 saturated heterocycles. The number of H-pyrrole nitrogens is 1. The molecule has 3 heteroatoms. The number of benzene rings is 4. The Morgan fingerprint density at radius 1 is 0.833 bits per heavy atom. The number of nitrogens with zero attached hydrogens (tertiary/aromatic N) is 1. The molecule has 0 spiro atoms. The minimum atomic E-state index is 0.773. The number of aromatic nitrogens is 2. The second kappa shape index (κ2) is 6.33. The molecule has 0 fully saturated rings. The SMILES string of the molecule is Cc1c(C=O)c2c3ccccc3[nH]c2c2c1c1ccccc1n2Cc1ccccc1. The lowest BCUT2D eigenvalue weighted by molar-refractivity contribution is 0.112. The van der Waals surface area contributed by atoms with Crippen LogP contribution in [0, 0.1) is 6.92 Å². The van der Waals surface area contributed by atoms with Crippen molar-refractivity contribution in [2.24, 2.45) is 0 Å². The summed E-state index contributed by atoms with van der Waals surface area (Å²) in [6, 6.07) is 27.3. The number of carbonyl (C=O) groups excluding carboxylic acids is 1. The first-order chi connectivity index (χ1) is 14.8. The second-order valence-electron chi connectivity index (χ2n) is 7.89. The third-order valence-electron chi connectivity index (χ3n) is 6.26. The third kappa shape index (κ3) is 2.23. The Labute approximate surface area is 173 Å². The van der Waals surface area contributed by atoms with E-state index in [0.717, 1.165) is 56.7 Å². The summed E-state index contributed by atoms with van der Waals surface area (Å²) in [5.41, 5.74) is 7.50. The van der Waals surface area contributed by atoms with Gasteiger partial charge in [-0.25, -0.2) is 0 Å². The molecule has 144 valence electrons. The van der Waals surface area contributed by atoms with Crippen molar-refractivity contribution >= 4 is 49.9 Å². The summed E-state index contributed by atoms with van der Waals surface area (Å²) in [5, 5.41) is 4.45. The van der Waals surface area contributed by atoms with Gasteiger partial charge in [0.1, 0.15) is 0 Å². The van der Waals surface area contributed by atoms with Crippen molar-refractivity contribution in [1.29, 1.82) is 0 Å². The maximum Gasteiger partial charge on any atom is 0.151 e. The number of aryl methyl sites for hydroxylation is 1. The monoisotopic (exact) mass is 388 g/mol. The van der Waals surface area contributed by atoms with E-state index in [-0.39, 0.29) is 0 Å². The number of para-hydroxylation sites is 2. The van der Waals surface area contributed by atoms with Crippen molar-refractivity contribution in [2.45, 2.75) is 13.5 Å². The van der Waals surface area contributed by atoms with E-state index in [1.54, 1.807) is 0 Å². The Bertz CT molecular complexity index is 1590. The van der Waals surface area contributed by atoms with Crippen LogP contribution >= 0.6 is 0 Å². The molecular weight excluding hydrogens is 368 g/mol. The largest absolute Gasteiger partial charge is 0.353 e. The predicted octanol–water partition coefficient (Wildman–Crippen LogP) is 6.60. The zero-order chi connectivity index (χ0) is 20.2. The molecule has 0 radical (unpaired) electrons. The summed E-state index contributed by atoms with van der Waals surface area (Å²) in [6.45, 7) is 2.85. The van der Waals surface area contributed by atoms with Gasteiger partial charge in [-0.15, -0.1) is 0 Å². The van der Waals surface area contributed by atoms with Crippen LogP contribution in [0.3, 0.4) is 0 Å². The molecule has 0 unspecified atom stereocenters. The van der Waals surface area contributed by atoms with E-state index in [1.807, 2.05) is 18.2 Å². The predicted molar refractivity (Wildman–Crippen MR) is 124 cm³/mol. The maximum atomic E-state index is 12.2. The van der Waals surface area contributed by atoms with E-state index in [1.165, 1.54) is 16.5 Å². The summed E-state index contributed by atoms with van der Waals surface area (Å²) in [7, 11) is 0. The molecule has 6 rings (SSSR count).